The van der Waals surface area contributed by atoms with Crippen LogP contribution in [0.25, 0.3) is 5.65 Å². The Morgan fingerprint density at radius 3 is 2.76 bits per heavy atom. The number of benzene rings is 1. The summed E-state index contributed by atoms with van der Waals surface area (Å²) in [4.78, 5) is 21.4. The van der Waals surface area contributed by atoms with Crippen molar-refractivity contribution >= 4 is 23.2 Å². The number of carbonyl (C=O) groups is 1. The summed E-state index contributed by atoms with van der Waals surface area (Å²) in [6, 6.07) is 12.1. The van der Waals surface area contributed by atoms with Crippen LogP contribution < -0.4 is 0 Å². The second-order valence-corrected chi connectivity index (χ2v) is 8.34. The molecule has 1 amide bonds. The first-order valence-electron chi connectivity index (χ1n) is 10.0. The summed E-state index contributed by atoms with van der Waals surface area (Å²) in [5.74, 6) is -0.147. The van der Waals surface area contributed by atoms with E-state index in [1.807, 2.05) is 0 Å². The van der Waals surface area contributed by atoms with Crippen molar-refractivity contribution < 1.29 is 9.90 Å². The maximum absolute atomic E-state index is 12.9. The molecule has 2 aliphatic heterocycles. The molecule has 0 spiro atoms. The number of piperidine rings is 1. The number of amides is 1. The number of aromatic nitrogens is 2. The molecule has 7 heteroatoms. The Bertz CT molecular complexity index is 1070. The van der Waals surface area contributed by atoms with Crippen LogP contribution in [0, 0.1) is 0 Å². The van der Waals surface area contributed by atoms with E-state index in [1.54, 1.807) is 33.8 Å². The Morgan fingerprint density at radius 1 is 1.10 bits per heavy atom. The number of aliphatic hydroxyl groups excluding tert-OH is 1. The molecule has 0 aliphatic carbocycles. The van der Waals surface area contributed by atoms with Crippen LogP contribution in [0.15, 0.2) is 48.8 Å². The van der Waals surface area contributed by atoms with Gasteiger partial charge in [-0.05, 0) is 36.1 Å². The number of hydrogen-bond donors (Lipinski definition) is 1. The number of halogens is 1. The van der Waals surface area contributed by atoms with E-state index in [9.17, 15) is 9.90 Å². The summed E-state index contributed by atoms with van der Waals surface area (Å²) in [5, 5.41) is 11.4. The van der Waals surface area contributed by atoms with Crippen LogP contribution in [0.4, 0.5) is 0 Å². The van der Waals surface area contributed by atoms with Crippen LogP contribution in [0.2, 0.25) is 5.02 Å². The molecule has 0 saturated carbocycles. The van der Waals surface area contributed by atoms with Gasteiger partial charge in [0.25, 0.3) is 5.91 Å². The lowest BCUT2D eigenvalue weighted by atomic mass is 9.94. The third kappa shape index (κ3) is 3.52. The Kier molecular flexibility index (Phi) is 4.78. The minimum absolute atomic E-state index is 0.0762. The quantitative estimate of drug-likeness (QED) is 0.705. The largest absolute Gasteiger partial charge is 0.390 e. The lowest BCUT2D eigenvalue weighted by molar-refractivity contribution is -0.0139. The standard InChI is InChI=1S/C22H23ClN4O2/c23-17-5-6-21-24-18(13-27(21)12-17)22(29)26-10-8-19(20(28)14-26)25-9-7-15-3-1-2-4-16(15)11-25/h1-6,12-13,19-20,28H,7-11,14H2/t19-,20-/m0/s1. The van der Waals surface area contributed by atoms with Gasteiger partial charge in [0.15, 0.2) is 0 Å². The zero-order valence-corrected chi connectivity index (χ0v) is 16.8. The number of hydrogen-bond acceptors (Lipinski definition) is 4. The fourth-order valence-electron chi connectivity index (χ4n) is 4.56. The fourth-order valence-corrected chi connectivity index (χ4v) is 4.73. The maximum Gasteiger partial charge on any atom is 0.274 e. The van der Waals surface area contributed by atoms with Crippen molar-refractivity contribution in [3.05, 3.63) is 70.6 Å². The van der Waals surface area contributed by atoms with Crippen LogP contribution in [0.1, 0.15) is 28.0 Å². The van der Waals surface area contributed by atoms with Gasteiger partial charge < -0.3 is 14.4 Å². The number of nitrogens with zero attached hydrogens (tertiary/aromatic N) is 4. The molecule has 5 rings (SSSR count). The number of aliphatic hydroxyl groups is 1. The van der Waals surface area contributed by atoms with E-state index < -0.39 is 6.10 Å². The molecule has 6 nitrogen and oxygen atoms in total. The first kappa shape index (κ1) is 18.6. The topological polar surface area (TPSA) is 61.1 Å². The van der Waals surface area contributed by atoms with E-state index in [4.69, 9.17) is 11.6 Å². The number of fused-ring (bicyclic) bond motifs is 2. The summed E-state index contributed by atoms with van der Waals surface area (Å²) in [6.45, 7) is 2.75. The smallest absolute Gasteiger partial charge is 0.274 e. The second-order valence-electron chi connectivity index (χ2n) is 7.90. The second kappa shape index (κ2) is 7.44. The molecule has 4 heterocycles. The average Bonchev–Trinajstić information content (AvgIpc) is 3.16. The van der Waals surface area contributed by atoms with E-state index in [1.165, 1.54) is 11.1 Å². The van der Waals surface area contributed by atoms with Gasteiger partial charge in [-0.15, -0.1) is 0 Å². The van der Waals surface area contributed by atoms with Gasteiger partial charge in [-0.2, -0.15) is 0 Å². The summed E-state index contributed by atoms with van der Waals surface area (Å²) < 4.78 is 1.75. The van der Waals surface area contributed by atoms with Crippen LogP contribution in [-0.2, 0) is 13.0 Å². The average molecular weight is 411 g/mol. The summed E-state index contributed by atoms with van der Waals surface area (Å²) >= 11 is 6.02. The highest BCUT2D eigenvalue weighted by atomic mass is 35.5. The highest BCUT2D eigenvalue weighted by Crippen LogP contribution is 2.26. The van der Waals surface area contributed by atoms with Gasteiger partial charge in [0.2, 0.25) is 0 Å². The van der Waals surface area contributed by atoms with Crippen molar-refractivity contribution in [3.8, 4) is 0 Å². The van der Waals surface area contributed by atoms with Crippen LogP contribution in [-0.4, -0.2) is 62.0 Å². The lowest BCUT2D eigenvalue weighted by Gasteiger charge is -2.43. The first-order valence-corrected chi connectivity index (χ1v) is 10.4. The van der Waals surface area contributed by atoms with Gasteiger partial charge in [-0.1, -0.05) is 35.9 Å². The van der Waals surface area contributed by atoms with Gasteiger partial charge in [-0.3, -0.25) is 9.69 Å². The van der Waals surface area contributed by atoms with Gasteiger partial charge in [0, 0.05) is 44.6 Å². The number of pyridine rings is 1. The molecule has 3 aromatic rings. The van der Waals surface area contributed by atoms with Crippen molar-refractivity contribution in [1.82, 2.24) is 19.2 Å². The molecular formula is C22H23ClN4O2. The highest BCUT2D eigenvalue weighted by molar-refractivity contribution is 6.30. The van der Waals surface area contributed by atoms with Crippen LogP contribution in [0.5, 0.6) is 0 Å². The minimum Gasteiger partial charge on any atom is -0.390 e. The predicted molar refractivity (Wildman–Crippen MR) is 111 cm³/mol. The zero-order chi connectivity index (χ0) is 20.0. The molecule has 150 valence electrons. The van der Waals surface area contributed by atoms with E-state index in [-0.39, 0.29) is 11.9 Å². The van der Waals surface area contributed by atoms with Gasteiger partial charge >= 0.3 is 0 Å². The maximum atomic E-state index is 12.9. The molecule has 1 fully saturated rings. The van der Waals surface area contributed by atoms with E-state index >= 15 is 0 Å². The molecule has 1 aromatic carbocycles. The number of β-amino-alcohol motifs (C(OH)–C–C–N with tert-alkyl or cyclic N) is 1. The summed E-state index contributed by atoms with van der Waals surface area (Å²) in [6.07, 6.45) is 4.63. The molecule has 2 atom stereocenters. The third-order valence-corrected chi connectivity index (χ3v) is 6.32. The third-order valence-electron chi connectivity index (χ3n) is 6.10. The molecule has 29 heavy (non-hydrogen) atoms. The number of imidazole rings is 1. The number of likely N-dealkylation sites (tertiary alicyclic amines) is 1. The van der Waals surface area contributed by atoms with Crippen molar-refractivity contribution in [2.45, 2.75) is 31.5 Å². The molecule has 0 unspecified atom stereocenters. The molecule has 2 aromatic heterocycles. The summed E-state index contributed by atoms with van der Waals surface area (Å²) in [5.41, 5.74) is 3.80. The Labute approximate surface area is 174 Å². The van der Waals surface area contributed by atoms with Gasteiger partial charge in [0.1, 0.15) is 11.3 Å². The van der Waals surface area contributed by atoms with Crippen molar-refractivity contribution in [3.63, 3.8) is 0 Å². The SMILES string of the molecule is O=C(c1cn2cc(Cl)ccc2n1)N1CC[C@H](N2CCc3ccccc3C2)[C@@H](O)C1. The Hall–Kier alpha value is -2.41. The Morgan fingerprint density at radius 2 is 1.93 bits per heavy atom. The molecule has 0 radical (unpaired) electrons. The van der Waals surface area contributed by atoms with Crippen molar-refractivity contribution in [2.75, 3.05) is 19.6 Å². The summed E-state index contributed by atoms with van der Waals surface area (Å²) in [7, 11) is 0. The van der Waals surface area contributed by atoms with Crippen molar-refractivity contribution in [2.24, 2.45) is 0 Å². The van der Waals surface area contributed by atoms with Crippen LogP contribution >= 0.6 is 11.6 Å². The lowest BCUT2D eigenvalue weighted by Crippen LogP contribution is -2.56. The van der Waals surface area contributed by atoms with E-state index in [0.29, 0.717) is 29.5 Å². The Balaban J connectivity index is 1.27. The molecule has 2 aliphatic rings. The normalized spacial score (nSPS) is 22.6. The van der Waals surface area contributed by atoms with Gasteiger partial charge in [-0.25, -0.2) is 4.98 Å². The highest BCUT2D eigenvalue weighted by Gasteiger charge is 2.35. The molecular weight excluding hydrogens is 388 g/mol. The zero-order valence-electron chi connectivity index (χ0n) is 16.0. The minimum atomic E-state index is -0.565. The van der Waals surface area contributed by atoms with E-state index in [2.05, 4.69) is 34.1 Å². The fraction of sp³-hybridized carbons (Fsp3) is 0.364. The van der Waals surface area contributed by atoms with Gasteiger partial charge in [0.05, 0.1) is 11.1 Å². The molecule has 1 saturated heterocycles. The van der Waals surface area contributed by atoms with Crippen molar-refractivity contribution in [1.29, 1.82) is 0 Å². The van der Waals surface area contributed by atoms with Crippen LogP contribution in [0.3, 0.4) is 0 Å². The predicted octanol–water partition coefficient (Wildman–Crippen LogP) is 2.62. The first-order chi connectivity index (χ1) is 14.1. The molecule has 0 bridgehead atoms. The monoisotopic (exact) mass is 410 g/mol. The van der Waals surface area contributed by atoms with E-state index in [0.717, 1.165) is 25.9 Å². The number of rotatable bonds is 2. The molecule has 1 N–H and O–H groups in total. The number of carbonyl (C=O) groups excluding carboxylic acids is 1.